The molecule has 1 rings (SSSR count). The molecular formula is C18H35F. The van der Waals surface area contributed by atoms with Crippen molar-refractivity contribution in [1.29, 1.82) is 0 Å². The van der Waals surface area contributed by atoms with E-state index in [9.17, 15) is 4.39 Å². The van der Waals surface area contributed by atoms with E-state index in [1.54, 1.807) is 6.92 Å². The Morgan fingerprint density at radius 1 is 0.947 bits per heavy atom. The lowest BCUT2D eigenvalue weighted by Gasteiger charge is -2.32. The van der Waals surface area contributed by atoms with Gasteiger partial charge in [-0.2, -0.15) is 0 Å². The van der Waals surface area contributed by atoms with Crippen LogP contribution in [0, 0.1) is 17.8 Å². The molecule has 0 aromatic carbocycles. The number of halogens is 1. The van der Waals surface area contributed by atoms with Gasteiger partial charge in [0.15, 0.2) is 0 Å². The Bertz CT molecular complexity index is 204. The summed E-state index contributed by atoms with van der Waals surface area (Å²) in [4.78, 5) is 0. The Morgan fingerprint density at radius 2 is 1.58 bits per heavy atom. The van der Waals surface area contributed by atoms with Crippen LogP contribution in [0.5, 0.6) is 0 Å². The molecule has 1 aliphatic rings. The molecule has 0 amide bonds. The van der Waals surface area contributed by atoms with Crippen molar-refractivity contribution in [3.63, 3.8) is 0 Å². The highest BCUT2D eigenvalue weighted by molar-refractivity contribution is 4.77. The van der Waals surface area contributed by atoms with Crippen LogP contribution in [0.2, 0.25) is 0 Å². The van der Waals surface area contributed by atoms with Crippen LogP contribution in [-0.4, -0.2) is 6.17 Å². The number of alkyl halides is 1. The Balaban J connectivity index is 2.08. The van der Waals surface area contributed by atoms with Gasteiger partial charge >= 0.3 is 0 Å². The summed E-state index contributed by atoms with van der Waals surface area (Å²) in [5.74, 6) is 2.37. The molecule has 0 aromatic rings. The smallest absolute Gasteiger partial charge is 0.0976 e. The standard InChI is InChI=1S/C18H35F/c1-4-5-6-7-8-9-17-10-12-18(13-11-17)15(2)14-16(3)19/h15-18H,4-14H2,1-3H3. The Hall–Kier alpha value is -0.0700. The Morgan fingerprint density at radius 3 is 2.16 bits per heavy atom. The molecule has 0 spiro atoms. The van der Waals surface area contributed by atoms with E-state index in [1.165, 1.54) is 64.2 Å². The van der Waals surface area contributed by atoms with Crippen molar-refractivity contribution in [2.45, 2.75) is 97.6 Å². The average molecular weight is 270 g/mol. The molecule has 1 fully saturated rings. The highest BCUT2D eigenvalue weighted by atomic mass is 19.1. The molecule has 114 valence electrons. The van der Waals surface area contributed by atoms with Crippen LogP contribution >= 0.6 is 0 Å². The van der Waals surface area contributed by atoms with E-state index in [4.69, 9.17) is 0 Å². The summed E-state index contributed by atoms with van der Waals surface area (Å²) in [5, 5.41) is 0. The van der Waals surface area contributed by atoms with Crippen LogP contribution in [0.4, 0.5) is 4.39 Å². The fraction of sp³-hybridized carbons (Fsp3) is 1.00. The number of hydrogen-bond donors (Lipinski definition) is 0. The second kappa shape index (κ2) is 9.77. The monoisotopic (exact) mass is 270 g/mol. The predicted octanol–water partition coefficient (Wildman–Crippen LogP) is 6.54. The molecule has 0 heterocycles. The van der Waals surface area contributed by atoms with Crippen LogP contribution in [0.15, 0.2) is 0 Å². The lowest BCUT2D eigenvalue weighted by Crippen LogP contribution is -2.21. The molecule has 1 saturated carbocycles. The summed E-state index contributed by atoms with van der Waals surface area (Å²) in [6, 6.07) is 0. The molecule has 2 unspecified atom stereocenters. The van der Waals surface area contributed by atoms with Crippen LogP contribution in [0.25, 0.3) is 0 Å². The maximum atomic E-state index is 13.1. The van der Waals surface area contributed by atoms with Gasteiger partial charge in [0.25, 0.3) is 0 Å². The Labute approximate surface area is 120 Å². The highest BCUT2D eigenvalue weighted by Gasteiger charge is 2.25. The van der Waals surface area contributed by atoms with E-state index < -0.39 is 6.17 Å². The minimum atomic E-state index is -0.619. The van der Waals surface area contributed by atoms with Gasteiger partial charge < -0.3 is 0 Å². The number of unbranched alkanes of at least 4 members (excludes halogenated alkanes) is 4. The van der Waals surface area contributed by atoms with E-state index >= 15 is 0 Å². The molecule has 0 radical (unpaired) electrons. The van der Waals surface area contributed by atoms with Crippen LogP contribution < -0.4 is 0 Å². The Kier molecular flexibility index (Phi) is 8.74. The third kappa shape index (κ3) is 7.32. The van der Waals surface area contributed by atoms with Crippen molar-refractivity contribution in [2.24, 2.45) is 17.8 Å². The van der Waals surface area contributed by atoms with Crippen molar-refractivity contribution >= 4 is 0 Å². The van der Waals surface area contributed by atoms with Gasteiger partial charge in [-0.3, -0.25) is 0 Å². The zero-order valence-corrected chi connectivity index (χ0v) is 13.5. The molecule has 0 aliphatic heterocycles. The van der Waals surface area contributed by atoms with Crippen molar-refractivity contribution in [1.82, 2.24) is 0 Å². The van der Waals surface area contributed by atoms with E-state index in [2.05, 4.69) is 13.8 Å². The van der Waals surface area contributed by atoms with Gasteiger partial charge in [-0.15, -0.1) is 0 Å². The second-order valence-corrected chi connectivity index (χ2v) is 6.98. The summed E-state index contributed by atoms with van der Waals surface area (Å²) in [6.07, 6.45) is 14.2. The van der Waals surface area contributed by atoms with Gasteiger partial charge in [-0.1, -0.05) is 65.2 Å². The lowest BCUT2D eigenvalue weighted by molar-refractivity contribution is 0.172. The summed E-state index contributed by atoms with van der Waals surface area (Å²) in [5.41, 5.74) is 0. The maximum Gasteiger partial charge on any atom is 0.0976 e. The summed E-state index contributed by atoms with van der Waals surface area (Å²) >= 11 is 0. The minimum Gasteiger partial charge on any atom is -0.248 e. The van der Waals surface area contributed by atoms with Crippen LogP contribution in [0.1, 0.15) is 91.4 Å². The lowest BCUT2D eigenvalue weighted by atomic mass is 9.74. The summed E-state index contributed by atoms with van der Waals surface area (Å²) in [7, 11) is 0. The predicted molar refractivity (Wildman–Crippen MR) is 83.2 cm³/mol. The van der Waals surface area contributed by atoms with Crippen molar-refractivity contribution in [3.8, 4) is 0 Å². The quantitative estimate of drug-likeness (QED) is 0.417. The zero-order valence-electron chi connectivity index (χ0n) is 13.5. The molecule has 0 saturated heterocycles. The van der Waals surface area contributed by atoms with Gasteiger partial charge in [-0.25, -0.2) is 4.39 Å². The summed E-state index contributed by atoms with van der Waals surface area (Å²) in [6.45, 7) is 6.24. The third-order valence-corrected chi connectivity index (χ3v) is 5.11. The van der Waals surface area contributed by atoms with Gasteiger partial charge in [0.1, 0.15) is 0 Å². The molecule has 2 atom stereocenters. The molecule has 0 aromatic heterocycles. The first-order valence-electron chi connectivity index (χ1n) is 8.77. The van der Waals surface area contributed by atoms with Gasteiger partial charge in [0.05, 0.1) is 6.17 Å². The van der Waals surface area contributed by atoms with Gasteiger partial charge in [0.2, 0.25) is 0 Å². The fourth-order valence-electron chi connectivity index (χ4n) is 3.79. The zero-order chi connectivity index (χ0) is 14.1. The van der Waals surface area contributed by atoms with Crippen molar-refractivity contribution in [3.05, 3.63) is 0 Å². The first-order chi connectivity index (χ1) is 9.13. The van der Waals surface area contributed by atoms with Gasteiger partial charge in [-0.05, 0) is 43.9 Å². The second-order valence-electron chi connectivity index (χ2n) is 6.98. The van der Waals surface area contributed by atoms with E-state index in [0.717, 1.165) is 18.3 Å². The first-order valence-corrected chi connectivity index (χ1v) is 8.77. The van der Waals surface area contributed by atoms with Crippen LogP contribution in [-0.2, 0) is 0 Å². The largest absolute Gasteiger partial charge is 0.248 e. The molecule has 1 aliphatic carbocycles. The van der Waals surface area contributed by atoms with Crippen molar-refractivity contribution in [2.75, 3.05) is 0 Å². The minimum absolute atomic E-state index is 0.588. The molecular weight excluding hydrogens is 235 g/mol. The maximum absolute atomic E-state index is 13.1. The van der Waals surface area contributed by atoms with Crippen LogP contribution in [0.3, 0.4) is 0 Å². The van der Waals surface area contributed by atoms with E-state index in [1.807, 2.05) is 0 Å². The van der Waals surface area contributed by atoms with E-state index in [0.29, 0.717) is 5.92 Å². The molecule has 19 heavy (non-hydrogen) atoms. The fourth-order valence-corrected chi connectivity index (χ4v) is 3.79. The topological polar surface area (TPSA) is 0 Å². The average Bonchev–Trinajstić information content (AvgIpc) is 2.38. The first kappa shape index (κ1) is 17.0. The third-order valence-electron chi connectivity index (χ3n) is 5.11. The normalized spacial score (nSPS) is 27.2. The SMILES string of the molecule is CCCCCCCC1CCC(C(C)CC(C)F)CC1. The van der Waals surface area contributed by atoms with Gasteiger partial charge in [0, 0.05) is 0 Å². The number of rotatable bonds is 9. The summed E-state index contributed by atoms with van der Waals surface area (Å²) < 4.78 is 13.1. The molecule has 0 nitrogen and oxygen atoms in total. The highest BCUT2D eigenvalue weighted by Crippen LogP contribution is 2.37. The van der Waals surface area contributed by atoms with E-state index in [-0.39, 0.29) is 0 Å². The molecule has 0 bridgehead atoms. The van der Waals surface area contributed by atoms with Crippen molar-refractivity contribution < 1.29 is 4.39 Å². The number of hydrogen-bond acceptors (Lipinski definition) is 0. The molecule has 1 heteroatoms. The molecule has 0 N–H and O–H groups in total.